The molecule has 0 amide bonds. The largest absolute Gasteiger partial charge is 0.493 e. The Morgan fingerprint density at radius 3 is 2.52 bits per heavy atom. The first kappa shape index (κ1) is 14.5. The second-order valence-corrected chi connectivity index (χ2v) is 6.59. The van der Waals surface area contributed by atoms with E-state index < -0.39 is 0 Å². The van der Waals surface area contributed by atoms with Crippen molar-refractivity contribution in [1.82, 2.24) is 5.32 Å². The van der Waals surface area contributed by atoms with Crippen molar-refractivity contribution in [2.45, 2.75) is 38.3 Å². The summed E-state index contributed by atoms with van der Waals surface area (Å²) in [4.78, 5) is 2.50. The molecule has 0 radical (unpaired) electrons. The van der Waals surface area contributed by atoms with Crippen LogP contribution in [-0.2, 0) is 0 Å². The summed E-state index contributed by atoms with van der Waals surface area (Å²) in [5.74, 6) is 2.41. The van der Waals surface area contributed by atoms with Gasteiger partial charge in [-0.3, -0.25) is 0 Å². The maximum absolute atomic E-state index is 5.45. The van der Waals surface area contributed by atoms with E-state index in [4.69, 9.17) is 9.47 Å². The van der Waals surface area contributed by atoms with Crippen molar-refractivity contribution < 1.29 is 9.47 Å². The molecule has 4 heteroatoms. The number of ether oxygens (including phenoxy) is 2. The van der Waals surface area contributed by atoms with Crippen LogP contribution in [0, 0.1) is 5.92 Å². The lowest BCUT2D eigenvalue weighted by Gasteiger charge is -2.47. The molecule has 1 saturated heterocycles. The SMILES string of the molecule is COc1ccc(N2CC(C)(C3CC3)NCC2C)cc1OC. The highest BCUT2D eigenvalue weighted by atomic mass is 16.5. The summed E-state index contributed by atoms with van der Waals surface area (Å²) in [5, 5.41) is 3.76. The van der Waals surface area contributed by atoms with E-state index in [1.165, 1.54) is 18.5 Å². The van der Waals surface area contributed by atoms with Gasteiger partial charge in [-0.25, -0.2) is 0 Å². The van der Waals surface area contributed by atoms with Gasteiger partial charge in [-0.15, -0.1) is 0 Å². The van der Waals surface area contributed by atoms with Gasteiger partial charge in [0.2, 0.25) is 0 Å². The molecule has 2 atom stereocenters. The quantitative estimate of drug-likeness (QED) is 0.924. The van der Waals surface area contributed by atoms with Crippen LogP contribution in [0.1, 0.15) is 26.7 Å². The Kier molecular flexibility index (Phi) is 3.74. The van der Waals surface area contributed by atoms with E-state index >= 15 is 0 Å². The predicted octanol–water partition coefficient (Wildman–Crippen LogP) is 2.67. The lowest BCUT2D eigenvalue weighted by Crippen LogP contribution is -2.63. The van der Waals surface area contributed by atoms with Crippen LogP contribution in [-0.4, -0.2) is 38.9 Å². The van der Waals surface area contributed by atoms with Crippen LogP contribution in [0.25, 0.3) is 0 Å². The van der Waals surface area contributed by atoms with Crippen molar-refractivity contribution >= 4 is 5.69 Å². The third-order valence-electron chi connectivity index (χ3n) is 5.01. The monoisotopic (exact) mass is 290 g/mol. The smallest absolute Gasteiger partial charge is 0.162 e. The summed E-state index contributed by atoms with van der Waals surface area (Å²) >= 11 is 0. The van der Waals surface area contributed by atoms with Gasteiger partial charge >= 0.3 is 0 Å². The maximum atomic E-state index is 5.45. The maximum Gasteiger partial charge on any atom is 0.162 e. The molecule has 1 heterocycles. The molecule has 1 aromatic rings. The number of methoxy groups -OCH3 is 2. The van der Waals surface area contributed by atoms with E-state index in [0.29, 0.717) is 6.04 Å². The molecule has 2 fully saturated rings. The molecule has 1 aliphatic carbocycles. The lowest BCUT2D eigenvalue weighted by atomic mass is 9.91. The van der Waals surface area contributed by atoms with E-state index in [-0.39, 0.29) is 5.54 Å². The minimum absolute atomic E-state index is 0.236. The van der Waals surface area contributed by atoms with E-state index in [0.717, 1.165) is 30.5 Å². The summed E-state index contributed by atoms with van der Waals surface area (Å²) in [6.45, 7) is 6.72. The average molecular weight is 290 g/mol. The predicted molar refractivity (Wildman–Crippen MR) is 85.5 cm³/mol. The van der Waals surface area contributed by atoms with Crippen molar-refractivity contribution in [1.29, 1.82) is 0 Å². The molecule has 2 unspecified atom stereocenters. The van der Waals surface area contributed by atoms with Crippen LogP contribution in [0.2, 0.25) is 0 Å². The molecule has 1 N–H and O–H groups in total. The standard InChI is InChI=1S/C17H26N2O2/c1-12-10-18-17(2,13-5-6-13)11-19(12)14-7-8-15(20-3)16(9-14)21-4/h7-9,12-13,18H,5-6,10-11H2,1-4H3. The summed E-state index contributed by atoms with van der Waals surface area (Å²) < 4.78 is 10.8. The van der Waals surface area contributed by atoms with Crippen molar-refractivity contribution in [2.75, 3.05) is 32.2 Å². The lowest BCUT2D eigenvalue weighted by molar-refractivity contribution is 0.260. The number of hydrogen-bond acceptors (Lipinski definition) is 4. The fraction of sp³-hybridized carbons (Fsp3) is 0.647. The average Bonchev–Trinajstić information content (AvgIpc) is 3.34. The van der Waals surface area contributed by atoms with Crippen molar-refractivity contribution in [3.63, 3.8) is 0 Å². The Labute approximate surface area is 127 Å². The normalized spacial score (nSPS) is 29.3. The van der Waals surface area contributed by atoms with Crippen molar-refractivity contribution in [3.8, 4) is 11.5 Å². The highest BCUT2D eigenvalue weighted by Gasteiger charge is 2.45. The summed E-state index contributed by atoms with van der Waals surface area (Å²) in [6.07, 6.45) is 2.72. The second-order valence-electron chi connectivity index (χ2n) is 6.59. The number of hydrogen-bond donors (Lipinski definition) is 1. The van der Waals surface area contributed by atoms with Gasteiger partial charge in [0.15, 0.2) is 11.5 Å². The first-order valence-corrected chi connectivity index (χ1v) is 7.81. The van der Waals surface area contributed by atoms with Crippen LogP contribution in [0.5, 0.6) is 11.5 Å². The zero-order valence-electron chi connectivity index (χ0n) is 13.5. The Balaban J connectivity index is 1.86. The van der Waals surface area contributed by atoms with Crippen LogP contribution < -0.4 is 19.7 Å². The van der Waals surface area contributed by atoms with Crippen molar-refractivity contribution in [3.05, 3.63) is 18.2 Å². The van der Waals surface area contributed by atoms with Gasteiger partial charge < -0.3 is 19.7 Å². The molecule has 1 aromatic carbocycles. The third-order valence-corrected chi connectivity index (χ3v) is 5.01. The molecular formula is C17H26N2O2. The molecule has 1 saturated carbocycles. The fourth-order valence-electron chi connectivity index (χ4n) is 3.40. The molecule has 0 bridgehead atoms. The van der Waals surface area contributed by atoms with Gasteiger partial charge in [0.1, 0.15) is 0 Å². The highest BCUT2D eigenvalue weighted by molar-refractivity contribution is 5.57. The Morgan fingerprint density at radius 1 is 1.19 bits per heavy atom. The van der Waals surface area contributed by atoms with Gasteiger partial charge in [-0.05, 0) is 44.7 Å². The Bertz CT molecular complexity index is 516. The minimum Gasteiger partial charge on any atom is -0.493 e. The van der Waals surface area contributed by atoms with Gasteiger partial charge in [-0.1, -0.05) is 0 Å². The highest BCUT2D eigenvalue weighted by Crippen LogP contribution is 2.42. The summed E-state index contributed by atoms with van der Waals surface area (Å²) in [6, 6.07) is 6.71. The Morgan fingerprint density at radius 2 is 1.90 bits per heavy atom. The number of anilines is 1. The number of piperazine rings is 1. The number of benzene rings is 1. The van der Waals surface area contributed by atoms with Crippen LogP contribution in [0.4, 0.5) is 5.69 Å². The summed E-state index contributed by atoms with van der Waals surface area (Å²) in [5.41, 5.74) is 1.45. The minimum atomic E-state index is 0.236. The number of nitrogens with zero attached hydrogens (tertiary/aromatic N) is 1. The molecule has 3 rings (SSSR count). The molecule has 116 valence electrons. The first-order valence-electron chi connectivity index (χ1n) is 7.81. The van der Waals surface area contributed by atoms with E-state index in [9.17, 15) is 0 Å². The van der Waals surface area contributed by atoms with E-state index in [1.807, 2.05) is 6.07 Å². The first-order chi connectivity index (χ1) is 10.1. The van der Waals surface area contributed by atoms with Gasteiger partial charge in [0.25, 0.3) is 0 Å². The summed E-state index contributed by atoms with van der Waals surface area (Å²) in [7, 11) is 3.37. The van der Waals surface area contributed by atoms with Crippen LogP contribution >= 0.6 is 0 Å². The van der Waals surface area contributed by atoms with Gasteiger partial charge in [-0.2, -0.15) is 0 Å². The van der Waals surface area contributed by atoms with Gasteiger partial charge in [0.05, 0.1) is 14.2 Å². The molecule has 21 heavy (non-hydrogen) atoms. The number of nitrogens with one attached hydrogen (secondary N) is 1. The van der Waals surface area contributed by atoms with E-state index in [1.54, 1.807) is 14.2 Å². The van der Waals surface area contributed by atoms with Crippen molar-refractivity contribution in [2.24, 2.45) is 5.92 Å². The fourth-order valence-corrected chi connectivity index (χ4v) is 3.40. The zero-order chi connectivity index (χ0) is 15.0. The topological polar surface area (TPSA) is 33.7 Å². The number of rotatable bonds is 4. The van der Waals surface area contributed by atoms with Crippen LogP contribution in [0.15, 0.2) is 18.2 Å². The molecule has 4 nitrogen and oxygen atoms in total. The molecular weight excluding hydrogens is 264 g/mol. The zero-order valence-corrected chi connectivity index (χ0v) is 13.5. The van der Waals surface area contributed by atoms with Gasteiger partial charge in [0, 0.05) is 36.4 Å². The molecule has 0 aromatic heterocycles. The molecule has 1 aliphatic heterocycles. The van der Waals surface area contributed by atoms with E-state index in [2.05, 4.69) is 36.2 Å². The Hall–Kier alpha value is -1.42. The molecule has 0 spiro atoms. The van der Waals surface area contributed by atoms with Crippen LogP contribution in [0.3, 0.4) is 0 Å². The molecule has 2 aliphatic rings. The third kappa shape index (κ3) is 2.69. The second kappa shape index (κ2) is 5.41.